The molecule has 0 spiro atoms. The number of amides is 1. The van der Waals surface area contributed by atoms with Crippen LogP contribution in [-0.2, 0) is 11.3 Å². The summed E-state index contributed by atoms with van der Waals surface area (Å²) in [5.41, 5.74) is 0.00597. The van der Waals surface area contributed by atoms with Crippen LogP contribution < -0.4 is 10.0 Å². The number of ketones is 1. The van der Waals surface area contributed by atoms with E-state index in [0.717, 1.165) is 12.4 Å². The zero-order chi connectivity index (χ0) is 25.4. The van der Waals surface area contributed by atoms with Crippen LogP contribution >= 0.6 is 34.8 Å². The van der Waals surface area contributed by atoms with Gasteiger partial charge in [0.05, 0.1) is 28.2 Å². The summed E-state index contributed by atoms with van der Waals surface area (Å²) >= 11 is 17.8. The molecule has 0 aliphatic rings. The number of carbonyl (C=O) groups is 2. The number of phenols is 1. The lowest BCUT2D eigenvalue weighted by molar-refractivity contribution is -0.605. The van der Waals surface area contributed by atoms with Crippen LogP contribution in [0.4, 0.5) is 11.4 Å². The molecule has 13 heteroatoms. The highest BCUT2D eigenvalue weighted by Crippen LogP contribution is 2.33. The molecule has 35 heavy (non-hydrogen) atoms. The summed E-state index contributed by atoms with van der Waals surface area (Å²) in [6.07, 6.45) is 3.22. The van der Waals surface area contributed by atoms with E-state index in [4.69, 9.17) is 34.8 Å². The van der Waals surface area contributed by atoms with Gasteiger partial charge in [-0.1, -0.05) is 46.9 Å². The van der Waals surface area contributed by atoms with E-state index in [1.807, 2.05) is 0 Å². The molecule has 0 aliphatic carbocycles. The van der Waals surface area contributed by atoms with Crippen molar-refractivity contribution in [2.75, 3.05) is 5.32 Å². The van der Waals surface area contributed by atoms with Gasteiger partial charge in [-0.2, -0.15) is 4.73 Å². The van der Waals surface area contributed by atoms with Crippen LogP contribution in [0.15, 0.2) is 55.0 Å². The molecule has 0 saturated carbocycles. The van der Waals surface area contributed by atoms with E-state index in [1.165, 1.54) is 47.2 Å². The maximum atomic E-state index is 13.1. The molecule has 10 nitrogen and oxygen atoms in total. The van der Waals surface area contributed by atoms with Gasteiger partial charge in [0.15, 0.2) is 0 Å². The van der Waals surface area contributed by atoms with E-state index in [1.54, 1.807) is 0 Å². The van der Waals surface area contributed by atoms with Crippen molar-refractivity contribution < 1.29 is 24.3 Å². The van der Waals surface area contributed by atoms with E-state index in [2.05, 4.69) is 5.32 Å². The van der Waals surface area contributed by atoms with Gasteiger partial charge in [-0.3, -0.25) is 19.7 Å². The molecule has 0 saturated heterocycles. The number of rotatable bonds is 6. The summed E-state index contributed by atoms with van der Waals surface area (Å²) < 4.78 is 1.76. The Kier molecular flexibility index (Phi) is 6.53. The highest BCUT2D eigenvalue weighted by Gasteiger charge is 2.26. The van der Waals surface area contributed by atoms with Gasteiger partial charge in [-0.05, 0) is 18.2 Å². The van der Waals surface area contributed by atoms with Crippen molar-refractivity contribution in [3.8, 4) is 5.75 Å². The Morgan fingerprint density at radius 1 is 1.11 bits per heavy atom. The number of aromatic nitrogens is 2. The number of hydrogen-bond acceptors (Lipinski definition) is 6. The molecule has 2 aromatic heterocycles. The van der Waals surface area contributed by atoms with Crippen molar-refractivity contribution in [3.05, 3.63) is 96.5 Å². The number of fused-ring (bicyclic) bond motifs is 1. The van der Waals surface area contributed by atoms with Crippen LogP contribution in [0.5, 0.6) is 5.75 Å². The van der Waals surface area contributed by atoms with Crippen LogP contribution in [0.2, 0.25) is 15.1 Å². The smallest absolute Gasteiger partial charge is 0.296 e. The molecule has 2 aromatic carbocycles. The number of carbonyl (C=O) groups excluding carboxylic acids is 2. The van der Waals surface area contributed by atoms with Crippen molar-refractivity contribution in [1.29, 1.82) is 0 Å². The second-order valence-electron chi connectivity index (χ2n) is 7.35. The summed E-state index contributed by atoms with van der Waals surface area (Å²) in [6.45, 7) is -0.101. The van der Waals surface area contributed by atoms with Crippen molar-refractivity contribution >= 4 is 68.8 Å². The molecule has 2 heterocycles. The van der Waals surface area contributed by atoms with Crippen LogP contribution in [0.1, 0.15) is 15.9 Å². The summed E-state index contributed by atoms with van der Waals surface area (Å²) in [5.74, 6) is -2.29. The van der Waals surface area contributed by atoms with Gasteiger partial charge in [0.1, 0.15) is 15.8 Å². The predicted octanol–water partition coefficient (Wildman–Crippen LogP) is 4.72. The highest BCUT2D eigenvalue weighted by molar-refractivity contribution is 6.50. The normalized spacial score (nSPS) is 10.9. The zero-order valence-corrected chi connectivity index (χ0v) is 19.6. The summed E-state index contributed by atoms with van der Waals surface area (Å²) in [5, 5.41) is 35.7. The minimum atomic E-state index is -1.10. The first-order valence-electron chi connectivity index (χ1n) is 9.74. The van der Waals surface area contributed by atoms with Gasteiger partial charge < -0.3 is 20.2 Å². The Bertz CT molecular complexity index is 1510. The van der Waals surface area contributed by atoms with Crippen molar-refractivity contribution in [3.63, 3.8) is 0 Å². The van der Waals surface area contributed by atoms with E-state index >= 15 is 0 Å². The molecule has 0 bridgehead atoms. The van der Waals surface area contributed by atoms with Crippen molar-refractivity contribution in [2.24, 2.45) is 0 Å². The maximum absolute atomic E-state index is 13.1. The predicted molar refractivity (Wildman–Crippen MR) is 129 cm³/mol. The van der Waals surface area contributed by atoms with E-state index < -0.39 is 16.6 Å². The lowest BCUT2D eigenvalue weighted by atomic mass is 10.1. The largest absolute Gasteiger partial charge is 0.619 e. The summed E-state index contributed by atoms with van der Waals surface area (Å²) in [7, 11) is 0. The Morgan fingerprint density at radius 2 is 1.80 bits per heavy atom. The highest BCUT2D eigenvalue weighted by atomic mass is 35.5. The van der Waals surface area contributed by atoms with Gasteiger partial charge in [0.25, 0.3) is 17.4 Å². The molecule has 0 radical (unpaired) electrons. The number of nitrogens with zero attached hydrogens (tertiary/aromatic N) is 3. The van der Waals surface area contributed by atoms with Gasteiger partial charge in [0.2, 0.25) is 12.4 Å². The fourth-order valence-electron chi connectivity index (χ4n) is 3.59. The monoisotopic (exact) mass is 534 g/mol. The first-order valence-corrected chi connectivity index (χ1v) is 10.9. The number of Topliss-reactive ketones (excluding diaryl/α,β-unsaturated/α-hetero) is 1. The van der Waals surface area contributed by atoms with Crippen molar-refractivity contribution in [1.82, 2.24) is 4.57 Å². The first-order chi connectivity index (χ1) is 16.6. The van der Waals surface area contributed by atoms with Gasteiger partial charge in [-0.15, -0.1) is 0 Å². The number of phenolic OH excluding ortho intramolecular Hbond substituents is 1. The Labute approximate surface area is 211 Å². The SMILES string of the molecule is O=C(Nc1c(Cl)c[n+]([O-])cc1Cl)C(=O)c1cn(Cc2ccc(Cl)cc2[N+](=O)[O-])c2c(O)cccc12. The fourth-order valence-corrected chi connectivity index (χ4v) is 4.29. The minimum Gasteiger partial charge on any atom is -0.619 e. The molecule has 4 rings (SSSR count). The average Bonchev–Trinajstić information content (AvgIpc) is 3.16. The minimum absolute atomic E-state index is 0.0768. The number of aromatic hydroxyl groups is 1. The number of para-hydroxylation sites is 1. The molecule has 0 atom stereocenters. The second-order valence-corrected chi connectivity index (χ2v) is 8.60. The number of halogens is 3. The van der Waals surface area contributed by atoms with E-state index in [-0.39, 0.29) is 60.8 Å². The van der Waals surface area contributed by atoms with Gasteiger partial charge in [-0.25, -0.2) is 0 Å². The number of nitrogens with one attached hydrogen (secondary N) is 1. The summed E-state index contributed by atoms with van der Waals surface area (Å²) in [4.78, 5) is 36.7. The maximum Gasteiger partial charge on any atom is 0.296 e. The molecule has 4 aromatic rings. The van der Waals surface area contributed by atoms with Crippen LogP contribution in [0, 0.1) is 15.3 Å². The number of pyridine rings is 1. The van der Waals surface area contributed by atoms with E-state index in [0.29, 0.717) is 4.73 Å². The molecular weight excluding hydrogens is 523 g/mol. The molecule has 1 amide bonds. The molecule has 2 N–H and O–H groups in total. The number of benzene rings is 2. The quantitative estimate of drug-likeness (QED) is 0.0914. The first kappa shape index (κ1) is 24.3. The lowest BCUT2D eigenvalue weighted by Gasteiger charge is -2.08. The fraction of sp³-hybridized carbons (Fsp3) is 0.0455. The molecular formula is C22H13Cl3N4O6. The number of nitro benzene ring substituents is 1. The van der Waals surface area contributed by atoms with E-state index in [9.17, 15) is 30.0 Å². The Morgan fingerprint density at radius 3 is 2.46 bits per heavy atom. The summed E-state index contributed by atoms with van der Waals surface area (Å²) in [6, 6.07) is 8.52. The number of hydrogen-bond donors (Lipinski definition) is 2. The second kappa shape index (κ2) is 9.41. The lowest BCUT2D eigenvalue weighted by Crippen LogP contribution is -2.27. The third-order valence-electron chi connectivity index (χ3n) is 5.11. The van der Waals surface area contributed by atoms with Crippen LogP contribution in [0.25, 0.3) is 10.9 Å². The van der Waals surface area contributed by atoms with Gasteiger partial charge in [0, 0.05) is 28.2 Å². The standard InChI is InChI=1S/C22H13Cl3N4O6/c23-12-5-4-11(17(6-12)29(34)35)7-27-8-14(13-2-1-3-18(30)20(13)27)21(31)22(32)26-19-15(24)9-28(33)10-16(19)25/h1-6,8-10,30H,7H2,(H,26,32). The molecule has 0 fully saturated rings. The zero-order valence-electron chi connectivity index (χ0n) is 17.4. The third kappa shape index (κ3) is 4.72. The molecule has 0 unspecified atom stereocenters. The van der Waals surface area contributed by atoms with Crippen molar-refractivity contribution in [2.45, 2.75) is 6.54 Å². The number of nitro groups is 1. The molecule has 178 valence electrons. The average molecular weight is 536 g/mol. The van der Waals surface area contributed by atoms with Crippen LogP contribution in [-0.4, -0.2) is 26.3 Å². The Balaban J connectivity index is 1.75. The van der Waals surface area contributed by atoms with Gasteiger partial charge >= 0.3 is 0 Å². The topological polar surface area (TPSA) is 141 Å². The molecule has 0 aliphatic heterocycles. The number of anilines is 1. The Hall–Kier alpha value is -3.86. The third-order valence-corrected chi connectivity index (χ3v) is 5.92. The van der Waals surface area contributed by atoms with Crippen LogP contribution in [0.3, 0.4) is 0 Å².